The zero-order valence-electron chi connectivity index (χ0n) is 15.5. The van der Waals surface area contributed by atoms with Crippen LogP contribution in [0.15, 0.2) is 42.2 Å². The Balaban J connectivity index is 1.79. The van der Waals surface area contributed by atoms with Crippen molar-refractivity contribution in [3.8, 4) is 23.0 Å². The Morgan fingerprint density at radius 1 is 1.11 bits per heavy atom. The van der Waals surface area contributed by atoms with Crippen LogP contribution in [0, 0.1) is 0 Å². The average Bonchev–Trinajstić information content (AvgIpc) is 3.01. The molecule has 0 unspecified atom stereocenters. The molecule has 0 amide bonds. The van der Waals surface area contributed by atoms with Crippen LogP contribution in [0.4, 0.5) is 0 Å². The van der Waals surface area contributed by atoms with E-state index < -0.39 is 0 Å². The first-order chi connectivity index (χ1) is 13.5. The summed E-state index contributed by atoms with van der Waals surface area (Å²) >= 11 is 5.57. The van der Waals surface area contributed by atoms with Crippen LogP contribution in [0.1, 0.15) is 28.8 Å². The van der Waals surface area contributed by atoms with E-state index in [-0.39, 0.29) is 23.9 Å². The van der Waals surface area contributed by atoms with E-state index in [2.05, 4.69) is 0 Å². The summed E-state index contributed by atoms with van der Waals surface area (Å²) < 4.78 is 21.4. The van der Waals surface area contributed by atoms with Crippen molar-refractivity contribution in [2.45, 2.75) is 12.8 Å². The molecule has 0 radical (unpaired) electrons. The highest BCUT2D eigenvalue weighted by atomic mass is 35.5. The SMILES string of the molecule is COc1ccc(/C=C2\Oc3cc(OC(=O)CCCCl)ccc3C2=O)cc1OC. The molecule has 1 heterocycles. The third-order valence-corrected chi connectivity index (χ3v) is 4.36. The van der Waals surface area contributed by atoms with E-state index in [9.17, 15) is 9.59 Å². The molecular weight excluding hydrogens is 384 g/mol. The molecule has 1 aliphatic rings. The zero-order chi connectivity index (χ0) is 20.1. The van der Waals surface area contributed by atoms with Crippen LogP contribution in [0.25, 0.3) is 6.08 Å². The predicted octanol–water partition coefficient (Wildman–Crippen LogP) is 4.24. The number of carbonyl (C=O) groups is 2. The Morgan fingerprint density at radius 2 is 1.89 bits per heavy atom. The van der Waals surface area contributed by atoms with E-state index in [1.807, 2.05) is 0 Å². The number of hydrogen-bond acceptors (Lipinski definition) is 6. The highest BCUT2D eigenvalue weighted by Crippen LogP contribution is 2.36. The van der Waals surface area contributed by atoms with Gasteiger partial charge >= 0.3 is 5.97 Å². The van der Waals surface area contributed by atoms with Gasteiger partial charge in [0.1, 0.15) is 11.5 Å². The fraction of sp³-hybridized carbons (Fsp3) is 0.238. The van der Waals surface area contributed by atoms with Crippen molar-refractivity contribution in [2.75, 3.05) is 20.1 Å². The molecule has 0 N–H and O–H groups in total. The monoisotopic (exact) mass is 402 g/mol. The molecule has 1 aliphatic heterocycles. The maximum atomic E-state index is 12.6. The second kappa shape index (κ2) is 8.80. The molecule has 0 spiro atoms. The van der Waals surface area contributed by atoms with Crippen molar-refractivity contribution in [3.63, 3.8) is 0 Å². The number of alkyl halides is 1. The number of rotatable bonds is 7. The highest BCUT2D eigenvalue weighted by Gasteiger charge is 2.28. The van der Waals surface area contributed by atoms with Gasteiger partial charge in [0.2, 0.25) is 5.78 Å². The molecule has 28 heavy (non-hydrogen) atoms. The van der Waals surface area contributed by atoms with Crippen LogP contribution in [0.2, 0.25) is 0 Å². The molecule has 0 aliphatic carbocycles. The number of benzene rings is 2. The van der Waals surface area contributed by atoms with E-state index in [0.717, 1.165) is 5.56 Å². The van der Waals surface area contributed by atoms with E-state index >= 15 is 0 Å². The second-order valence-corrected chi connectivity index (χ2v) is 6.36. The maximum Gasteiger partial charge on any atom is 0.311 e. The van der Waals surface area contributed by atoms with Crippen molar-refractivity contribution in [2.24, 2.45) is 0 Å². The van der Waals surface area contributed by atoms with Gasteiger partial charge in [-0.3, -0.25) is 9.59 Å². The minimum absolute atomic E-state index is 0.174. The minimum Gasteiger partial charge on any atom is -0.493 e. The summed E-state index contributed by atoms with van der Waals surface area (Å²) in [6.07, 6.45) is 2.39. The van der Waals surface area contributed by atoms with E-state index in [4.69, 9.17) is 30.5 Å². The van der Waals surface area contributed by atoms with Gasteiger partial charge in [0.25, 0.3) is 0 Å². The Kier molecular flexibility index (Phi) is 6.21. The largest absolute Gasteiger partial charge is 0.493 e. The number of ketones is 1. The van der Waals surface area contributed by atoms with Crippen LogP contribution in [-0.4, -0.2) is 31.9 Å². The molecule has 0 aromatic heterocycles. The van der Waals surface area contributed by atoms with Crippen molar-refractivity contribution >= 4 is 29.4 Å². The quantitative estimate of drug-likeness (QED) is 0.298. The number of ether oxygens (including phenoxy) is 4. The Bertz CT molecular complexity index is 934. The molecular formula is C21H19ClO6. The van der Waals surface area contributed by atoms with Gasteiger partial charge in [-0.05, 0) is 42.3 Å². The number of methoxy groups -OCH3 is 2. The zero-order valence-corrected chi connectivity index (χ0v) is 16.2. The molecule has 0 atom stereocenters. The van der Waals surface area contributed by atoms with Crippen LogP contribution in [0.5, 0.6) is 23.0 Å². The van der Waals surface area contributed by atoms with Gasteiger partial charge in [-0.1, -0.05) is 6.07 Å². The number of halogens is 1. The third kappa shape index (κ3) is 4.28. The number of carbonyl (C=O) groups excluding carboxylic acids is 2. The molecule has 0 fully saturated rings. The fourth-order valence-corrected chi connectivity index (χ4v) is 2.85. The summed E-state index contributed by atoms with van der Waals surface area (Å²) in [7, 11) is 3.09. The first-order valence-electron chi connectivity index (χ1n) is 8.62. The van der Waals surface area contributed by atoms with Gasteiger partial charge in [0.15, 0.2) is 17.3 Å². The first kappa shape index (κ1) is 19.8. The molecule has 0 saturated carbocycles. The van der Waals surface area contributed by atoms with Gasteiger partial charge in [0.05, 0.1) is 19.8 Å². The number of allylic oxidation sites excluding steroid dienone is 1. The highest BCUT2D eigenvalue weighted by molar-refractivity contribution is 6.18. The summed E-state index contributed by atoms with van der Waals surface area (Å²) in [5.41, 5.74) is 1.13. The van der Waals surface area contributed by atoms with Gasteiger partial charge in [-0.2, -0.15) is 0 Å². The van der Waals surface area contributed by atoms with Crippen LogP contribution < -0.4 is 18.9 Å². The van der Waals surface area contributed by atoms with Crippen LogP contribution in [-0.2, 0) is 4.79 Å². The molecule has 2 aromatic carbocycles. The number of esters is 1. The molecule has 7 heteroatoms. The fourth-order valence-electron chi connectivity index (χ4n) is 2.72. The van der Waals surface area contributed by atoms with Crippen molar-refractivity contribution < 1.29 is 28.5 Å². The van der Waals surface area contributed by atoms with Gasteiger partial charge in [-0.15, -0.1) is 11.6 Å². The Hall–Kier alpha value is -2.99. The predicted molar refractivity (Wildman–Crippen MR) is 105 cm³/mol. The lowest BCUT2D eigenvalue weighted by Crippen LogP contribution is -2.07. The van der Waals surface area contributed by atoms with Crippen LogP contribution >= 0.6 is 11.6 Å². The Labute approximate surface area is 167 Å². The molecule has 0 saturated heterocycles. The smallest absolute Gasteiger partial charge is 0.311 e. The summed E-state index contributed by atoms with van der Waals surface area (Å²) in [4.78, 5) is 24.3. The second-order valence-electron chi connectivity index (χ2n) is 5.98. The first-order valence-corrected chi connectivity index (χ1v) is 9.16. The number of Topliss-reactive ketones (excluding diaryl/α,β-unsaturated/α-hetero) is 1. The standard InChI is InChI=1S/C21H19ClO6/c1-25-16-8-5-13(10-18(16)26-2)11-19-21(24)15-7-6-14(12-17(15)28-19)27-20(23)4-3-9-22/h5-8,10-12H,3-4,9H2,1-2H3/b19-11-. The minimum atomic E-state index is -0.383. The van der Waals surface area contributed by atoms with E-state index in [1.54, 1.807) is 43.5 Å². The van der Waals surface area contributed by atoms with Gasteiger partial charge in [-0.25, -0.2) is 0 Å². The topological polar surface area (TPSA) is 71.1 Å². The molecule has 146 valence electrons. The molecule has 6 nitrogen and oxygen atoms in total. The summed E-state index contributed by atoms with van der Waals surface area (Å²) in [5, 5.41) is 0. The summed E-state index contributed by atoms with van der Waals surface area (Å²) in [6, 6.07) is 9.96. The summed E-state index contributed by atoms with van der Waals surface area (Å²) in [6.45, 7) is 0. The van der Waals surface area contributed by atoms with Gasteiger partial charge < -0.3 is 18.9 Å². The average molecular weight is 403 g/mol. The maximum absolute atomic E-state index is 12.6. The normalized spacial score (nSPS) is 13.8. The third-order valence-electron chi connectivity index (χ3n) is 4.09. The van der Waals surface area contributed by atoms with Gasteiger partial charge in [0, 0.05) is 18.4 Å². The van der Waals surface area contributed by atoms with Crippen LogP contribution in [0.3, 0.4) is 0 Å². The van der Waals surface area contributed by atoms with E-state index in [1.165, 1.54) is 13.2 Å². The van der Waals surface area contributed by atoms with Crippen molar-refractivity contribution in [1.82, 2.24) is 0 Å². The lowest BCUT2D eigenvalue weighted by Gasteiger charge is -2.08. The van der Waals surface area contributed by atoms with E-state index in [0.29, 0.717) is 40.9 Å². The molecule has 0 bridgehead atoms. The number of hydrogen-bond donors (Lipinski definition) is 0. The van der Waals surface area contributed by atoms with Crippen molar-refractivity contribution in [1.29, 1.82) is 0 Å². The lowest BCUT2D eigenvalue weighted by atomic mass is 10.1. The number of fused-ring (bicyclic) bond motifs is 1. The van der Waals surface area contributed by atoms with Crippen molar-refractivity contribution in [3.05, 3.63) is 53.3 Å². The molecule has 3 rings (SSSR count). The summed E-state index contributed by atoms with van der Waals surface area (Å²) in [5.74, 6) is 1.74. The Morgan fingerprint density at radius 3 is 2.61 bits per heavy atom. The lowest BCUT2D eigenvalue weighted by molar-refractivity contribution is -0.134. The molecule has 2 aromatic rings.